The Morgan fingerprint density at radius 2 is 2.20 bits per heavy atom. The molecule has 1 aromatic heterocycles. The molecular formula is C12H16N4O4. The third kappa shape index (κ3) is 4.16. The predicted molar refractivity (Wildman–Crippen MR) is 69.2 cm³/mol. The summed E-state index contributed by atoms with van der Waals surface area (Å²) in [6.45, 7) is 3.50. The second kappa shape index (κ2) is 6.29. The van der Waals surface area contributed by atoms with Crippen LogP contribution in [-0.2, 0) is 9.59 Å². The monoisotopic (exact) mass is 280 g/mol. The number of rotatable bonds is 8. The van der Waals surface area contributed by atoms with Gasteiger partial charge in [-0.2, -0.15) is 0 Å². The van der Waals surface area contributed by atoms with Gasteiger partial charge in [0.05, 0.1) is 13.1 Å². The summed E-state index contributed by atoms with van der Waals surface area (Å²) in [6, 6.07) is 0.0470. The second-order valence-corrected chi connectivity index (χ2v) is 4.62. The zero-order valence-electron chi connectivity index (χ0n) is 10.9. The van der Waals surface area contributed by atoms with E-state index in [1.807, 2.05) is 0 Å². The minimum absolute atomic E-state index is 0.0470. The van der Waals surface area contributed by atoms with Crippen LogP contribution in [-0.4, -0.2) is 51.7 Å². The molecular weight excluding hydrogens is 264 g/mol. The van der Waals surface area contributed by atoms with Crippen LogP contribution in [0.4, 0.5) is 6.01 Å². The summed E-state index contributed by atoms with van der Waals surface area (Å²) in [5.74, 6) is -0.557. The lowest BCUT2D eigenvalue weighted by Gasteiger charge is -2.16. The van der Waals surface area contributed by atoms with Crippen LogP contribution in [0.15, 0.2) is 17.1 Å². The maximum Gasteiger partial charge on any atom is 0.322 e. The largest absolute Gasteiger partial charge is 0.480 e. The Labute approximate surface area is 115 Å². The van der Waals surface area contributed by atoms with Gasteiger partial charge in [-0.15, -0.1) is 11.7 Å². The van der Waals surface area contributed by atoms with Crippen molar-refractivity contribution in [1.82, 2.24) is 15.1 Å². The Morgan fingerprint density at radius 3 is 2.80 bits per heavy atom. The number of anilines is 1. The minimum Gasteiger partial charge on any atom is -0.480 e. The molecule has 2 N–H and O–H groups in total. The van der Waals surface area contributed by atoms with Crippen molar-refractivity contribution in [2.24, 2.45) is 0 Å². The molecule has 2 rings (SSSR count). The SMILES string of the molecule is C=CCN(CC(=O)O)CC(=O)Nc1nnc(C2CC2)o1. The Hall–Kier alpha value is -2.22. The standard InChI is InChI=1S/C12H16N4O4/c1-2-5-16(7-10(18)19)6-9(17)13-12-15-14-11(20-12)8-3-4-8/h2,8H,1,3-7H2,(H,18,19)(H,13,15,17). The van der Waals surface area contributed by atoms with Crippen molar-refractivity contribution in [1.29, 1.82) is 0 Å². The molecule has 1 saturated carbocycles. The fourth-order valence-electron chi connectivity index (χ4n) is 1.70. The van der Waals surface area contributed by atoms with Crippen molar-refractivity contribution in [2.45, 2.75) is 18.8 Å². The second-order valence-electron chi connectivity index (χ2n) is 4.62. The molecule has 0 aromatic carbocycles. The first kappa shape index (κ1) is 14.2. The lowest BCUT2D eigenvalue weighted by atomic mass is 10.4. The van der Waals surface area contributed by atoms with E-state index in [1.54, 1.807) is 0 Å². The number of hydrogen-bond donors (Lipinski definition) is 2. The summed E-state index contributed by atoms with van der Waals surface area (Å²) in [6.07, 6.45) is 3.59. The van der Waals surface area contributed by atoms with Crippen molar-refractivity contribution < 1.29 is 19.1 Å². The van der Waals surface area contributed by atoms with E-state index >= 15 is 0 Å². The summed E-state index contributed by atoms with van der Waals surface area (Å²) >= 11 is 0. The molecule has 0 unspecified atom stereocenters. The fourth-order valence-corrected chi connectivity index (χ4v) is 1.70. The highest BCUT2D eigenvalue weighted by Crippen LogP contribution is 2.39. The Kier molecular flexibility index (Phi) is 4.46. The number of aromatic nitrogens is 2. The number of nitrogens with one attached hydrogen (secondary N) is 1. The fraction of sp³-hybridized carbons (Fsp3) is 0.500. The highest BCUT2D eigenvalue weighted by molar-refractivity contribution is 5.90. The molecule has 1 aliphatic rings. The lowest BCUT2D eigenvalue weighted by Crippen LogP contribution is -2.37. The number of carbonyl (C=O) groups excluding carboxylic acids is 1. The zero-order chi connectivity index (χ0) is 14.5. The Balaban J connectivity index is 1.85. The summed E-state index contributed by atoms with van der Waals surface area (Å²) in [5.41, 5.74) is 0. The molecule has 1 aliphatic carbocycles. The van der Waals surface area contributed by atoms with Crippen molar-refractivity contribution in [2.75, 3.05) is 25.0 Å². The molecule has 0 bridgehead atoms. The molecule has 108 valence electrons. The molecule has 8 heteroatoms. The van der Waals surface area contributed by atoms with Crippen LogP contribution in [0.3, 0.4) is 0 Å². The predicted octanol–water partition coefficient (Wildman–Crippen LogP) is 0.458. The molecule has 0 atom stereocenters. The summed E-state index contributed by atoms with van der Waals surface area (Å²) in [4.78, 5) is 23.9. The van der Waals surface area contributed by atoms with Gasteiger partial charge in [0, 0.05) is 12.5 Å². The summed E-state index contributed by atoms with van der Waals surface area (Å²) in [5, 5.41) is 18.8. The molecule has 1 heterocycles. The highest BCUT2D eigenvalue weighted by atomic mass is 16.4. The average Bonchev–Trinajstić information content (AvgIpc) is 3.10. The molecule has 0 spiro atoms. The molecule has 20 heavy (non-hydrogen) atoms. The zero-order valence-corrected chi connectivity index (χ0v) is 10.9. The van der Waals surface area contributed by atoms with Crippen molar-refractivity contribution in [3.8, 4) is 0 Å². The highest BCUT2D eigenvalue weighted by Gasteiger charge is 2.29. The minimum atomic E-state index is -1.01. The molecule has 1 amide bonds. The number of carboxylic acid groups (broad SMARTS) is 1. The average molecular weight is 280 g/mol. The van der Waals surface area contributed by atoms with Gasteiger partial charge in [-0.05, 0) is 12.8 Å². The topological polar surface area (TPSA) is 109 Å². The normalized spacial score (nSPS) is 14.2. The van der Waals surface area contributed by atoms with E-state index in [9.17, 15) is 9.59 Å². The molecule has 0 aliphatic heterocycles. The number of amides is 1. The van der Waals surface area contributed by atoms with Gasteiger partial charge in [0.1, 0.15) is 0 Å². The molecule has 0 radical (unpaired) electrons. The van der Waals surface area contributed by atoms with Gasteiger partial charge >= 0.3 is 12.0 Å². The van der Waals surface area contributed by atoms with Gasteiger partial charge < -0.3 is 9.52 Å². The summed E-state index contributed by atoms with van der Waals surface area (Å²) in [7, 11) is 0. The van der Waals surface area contributed by atoms with Crippen LogP contribution >= 0.6 is 0 Å². The van der Waals surface area contributed by atoms with E-state index in [0.29, 0.717) is 18.4 Å². The van der Waals surface area contributed by atoms with Crippen LogP contribution < -0.4 is 5.32 Å². The third-order valence-corrected chi connectivity index (χ3v) is 2.73. The van der Waals surface area contributed by atoms with Crippen LogP contribution in [0, 0.1) is 0 Å². The quantitative estimate of drug-likeness (QED) is 0.666. The van der Waals surface area contributed by atoms with Gasteiger partial charge in [-0.25, -0.2) is 0 Å². The van der Waals surface area contributed by atoms with Crippen molar-refractivity contribution in [3.05, 3.63) is 18.5 Å². The third-order valence-electron chi connectivity index (χ3n) is 2.73. The van der Waals surface area contributed by atoms with E-state index in [-0.39, 0.29) is 19.1 Å². The summed E-state index contributed by atoms with van der Waals surface area (Å²) < 4.78 is 5.29. The van der Waals surface area contributed by atoms with Crippen LogP contribution in [0.1, 0.15) is 24.7 Å². The van der Waals surface area contributed by atoms with E-state index in [4.69, 9.17) is 9.52 Å². The number of aliphatic carboxylic acids is 1. The van der Waals surface area contributed by atoms with Gasteiger partial charge in [0.25, 0.3) is 0 Å². The maximum atomic E-state index is 11.8. The van der Waals surface area contributed by atoms with Crippen LogP contribution in [0.25, 0.3) is 0 Å². The Morgan fingerprint density at radius 1 is 1.45 bits per heavy atom. The lowest BCUT2D eigenvalue weighted by molar-refractivity contribution is -0.138. The molecule has 0 saturated heterocycles. The van der Waals surface area contributed by atoms with Gasteiger partial charge in [0.15, 0.2) is 0 Å². The molecule has 1 fully saturated rings. The first-order chi connectivity index (χ1) is 9.58. The van der Waals surface area contributed by atoms with E-state index in [1.165, 1.54) is 11.0 Å². The van der Waals surface area contributed by atoms with E-state index < -0.39 is 11.9 Å². The number of nitrogens with zero attached hydrogens (tertiary/aromatic N) is 3. The number of carbonyl (C=O) groups is 2. The first-order valence-corrected chi connectivity index (χ1v) is 6.26. The van der Waals surface area contributed by atoms with Crippen LogP contribution in [0.5, 0.6) is 0 Å². The van der Waals surface area contributed by atoms with Gasteiger partial charge in [0.2, 0.25) is 11.8 Å². The molecule has 8 nitrogen and oxygen atoms in total. The van der Waals surface area contributed by atoms with Crippen LogP contribution in [0.2, 0.25) is 0 Å². The van der Waals surface area contributed by atoms with Crippen molar-refractivity contribution >= 4 is 17.9 Å². The number of hydrogen-bond acceptors (Lipinski definition) is 6. The van der Waals surface area contributed by atoms with Gasteiger partial charge in [-0.3, -0.25) is 19.8 Å². The Bertz CT molecular complexity index is 509. The van der Waals surface area contributed by atoms with Crippen molar-refractivity contribution in [3.63, 3.8) is 0 Å². The maximum absolute atomic E-state index is 11.8. The van der Waals surface area contributed by atoms with E-state index in [0.717, 1.165) is 12.8 Å². The molecule has 1 aromatic rings. The van der Waals surface area contributed by atoms with E-state index in [2.05, 4.69) is 22.1 Å². The first-order valence-electron chi connectivity index (χ1n) is 6.26. The van der Waals surface area contributed by atoms with Gasteiger partial charge in [-0.1, -0.05) is 11.2 Å². The number of carboxylic acids is 1. The smallest absolute Gasteiger partial charge is 0.322 e.